The second-order valence-electron chi connectivity index (χ2n) is 7.57. The SMILES string of the molecule is COC1CCN(C(C)(C)CNC(=O)C[C@@H]2CCC[C@H]2N)CC1. The predicted octanol–water partition coefficient (Wildman–Crippen LogP) is 1.51. The number of piperidine rings is 1. The molecule has 2 atom stereocenters. The molecule has 0 radical (unpaired) electrons. The van der Waals surface area contributed by atoms with Gasteiger partial charge in [0.15, 0.2) is 0 Å². The summed E-state index contributed by atoms with van der Waals surface area (Å²) in [7, 11) is 1.79. The first-order chi connectivity index (χ1) is 10.4. The smallest absolute Gasteiger partial charge is 0.220 e. The number of nitrogens with one attached hydrogen (secondary N) is 1. The van der Waals surface area contributed by atoms with Crippen molar-refractivity contribution in [3.63, 3.8) is 0 Å². The minimum absolute atomic E-state index is 0.00777. The van der Waals surface area contributed by atoms with Crippen LogP contribution in [0.3, 0.4) is 0 Å². The van der Waals surface area contributed by atoms with Crippen molar-refractivity contribution in [3.8, 4) is 0 Å². The zero-order chi connectivity index (χ0) is 16.2. The summed E-state index contributed by atoms with van der Waals surface area (Å²) in [5.41, 5.74) is 6.04. The molecule has 0 aromatic rings. The lowest BCUT2D eigenvalue weighted by molar-refractivity contribution is -0.122. The fraction of sp³-hybridized carbons (Fsp3) is 0.941. The fourth-order valence-electron chi connectivity index (χ4n) is 3.75. The van der Waals surface area contributed by atoms with E-state index in [-0.39, 0.29) is 17.5 Å². The van der Waals surface area contributed by atoms with Gasteiger partial charge in [-0.2, -0.15) is 0 Å². The monoisotopic (exact) mass is 311 g/mol. The van der Waals surface area contributed by atoms with Gasteiger partial charge in [0.05, 0.1) is 6.10 Å². The second-order valence-corrected chi connectivity index (χ2v) is 7.57. The third-order valence-corrected chi connectivity index (χ3v) is 5.52. The molecule has 2 rings (SSSR count). The van der Waals surface area contributed by atoms with Gasteiger partial charge in [-0.05, 0) is 45.4 Å². The van der Waals surface area contributed by atoms with Crippen molar-refractivity contribution in [2.75, 3.05) is 26.7 Å². The number of amides is 1. The van der Waals surface area contributed by atoms with Crippen LogP contribution in [0, 0.1) is 5.92 Å². The third kappa shape index (κ3) is 4.67. The quantitative estimate of drug-likeness (QED) is 0.780. The molecule has 22 heavy (non-hydrogen) atoms. The summed E-state index contributed by atoms with van der Waals surface area (Å²) >= 11 is 0. The second kappa shape index (κ2) is 7.75. The van der Waals surface area contributed by atoms with Crippen LogP contribution in [0.15, 0.2) is 0 Å². The van der Waals surface area contributed by atoms with Crippen LogP contribution < -0.4 is 11.1 Å². The van der Waals surface area contributed by atoms with Crippen LogP contribution in [0.25, 0.3) is 0 Å². The topological polar surface area (TPSA) is 67.6 Å². The maximum atomic E-state index is 12.2. The van der Waals surface area contributed by atoms with E-state index in [1.54, 1.807) is 7.11 Å². The number of nitrogens with zero attached hydrogens (tertiary/aromatic N) is 1. The maximum absolute atomic E-state index is 12.2. The van der Waals surface area contributed by atoms with Crippen molar-refractivity contribution in [1.29, 1.82) is 0 Å². The summed E-state index contributed by atoms with van der Waals surface area (Å²) in [5, 5.41) is 3.13. The van der Waals surface area contributed by atoms with E-state index < -0.39 is 0 Å². The number of hydrogen-bond acceptors (Lipinski definition) is 4. The summed E-state index contributed by atoms with van der Waals surface area (Å²) < 4.78 is 5.43. The highest BCUT2D eigenvalue weighted by atomic mass is 16.5. The molecule has 5 nitrogen and oxygen atoms in total. The average molecular weight is 311 g/mol. The summed E-state index contributed by atoms with van der Waals surface area (Å²) in [4.78, 5) is 14.6. The molecule has 0 aromatic carbocycles. The van der Waals surface area contributed by atoms with E-state index in [4.69, 9.17) is 10.5 Å². The van der Waals surface area contributed by atoms with Gasteiger partial charge in [-0.1, -0.05) is 6.42 Å². The number of likely N-dealkylation sites (tertiary alicyclic amines) is 1. The summed E-state index contributed by atoms with van der Waals surface area (Å²) in [5.74, 6) is 0.530. The highest BCUT2D eigenvalue weighted by Gasteiger charge is 2.32. The molecule has 3 N–H and O–H groups in total. The molecule has 5 heteroatoms. The molecular formula is C17H33N3O2. The number of hydrogen-bond donors (Lipinski definition) is 2. The van der Waals surface area contributed by atoms with Gasteiger partial charge in [0.1, 0.15) is 0 Å². The van der Waals surface area contributed by atoms with E-state index in [0.717, 1.165) is 38.8 Å². The van der Waals surface area contributed by atoms with Crippen molar-refractivity contribution in [2.24, 2.45) is 11.7 Å². The number of methoxy groups -OCH3 is 1. The molecule has 2 aliphatic rings. The molecular weight excluding hydrogens is 278 g/mol. The number of nitrogens with two attached hydrogens (primary N) is 1. The summed E-state index contributed by atoms with van der Waals surface area (Å²) in [6.45, 7) is 7.19. The Bertz CT molecular complexity index is 365. The Morgan fingerprint density at radius 2 is 1.95 bits per heavy atom. The van der Waals surface area contributed by atoms with Gasteiger partial charge in [0, 0.05) is 44.7 Å². The van der Waals surface area contributed by atoms with Crippen molar-refractivity contribution in [1.82, 2.24) is 10.2 Å². The van der Waals surface area contributed by atoms with E-state index in [1.165, 1.54) is 6.42 Å². The number of ether oxygens (including phenoxy) is 1. The molecule has 0 bridgehead atoms. The van der Waals surface area contributed by atoms with Gasteiger partial charge in [0.25, 0.3) is 0 Å². The molecule has 1 aliphatic heterocycles. The Hall–Kier alpha value is -0.650. The highest BCUT2D eigenvalue weighted by molar-refractivity contribution is 5.76. The van der Waals surface area contributed by atoms with Crippen LogP contribution in [0.4, 0.5) is 0 Å². The van der Waals surface area contributed by atoms with Crippen LogP contribution in [-0.4, -0.2) is 55.2 Å². The van der Waals surface area contributed by atoms with Crippen LogP contribution >= 0.6 is 0 Å². The van der Waals surface area contributed by atoms with Crippen molar-refractivity contribution < 1.29 is 9.53 Å². The lowest BCUT2D eigenvalue weighted by atomic mass is 9.96. The van der Waals surface area contributed by atoms with E-state index >= 15 is 0 Å². The number of carbonyl (C=O) groups excluding carboxylic acids is 1. The van der Waals surface area contributed by atoms with Crippen molar-refractivity contribution in [2.45, 2.75) is 70.1 Å². The lowest BCUT2D eigenvalue weighted by Crippen LogP contribution is -2.55. The van der Waals surface area contributed by atoms with Gasteiger partial charge in [-0.15, -0.1) is 0 Å². The van der Waals surface area contributed by atoms with Crippen LogP contribution in [0.5, 0.6) is 0 Å². The molecule has 1 aliphatic carbocycles. The molecule has 1 saturated heterocycles. The Morgan fingerprint density at radius 1 is 1.27 bits per heavy atom. The fourth-order valence-corrected chi connectivity index (χ4v) is 3.75. The first-order valence-corrected chi connectivity index (χ1v) is 8.72. The average Bonchev–Trinajstić information content (AvgIpc) is 2.90. The zero-order valence-electron chi connectivity index (χ0n) is 14.4. The van der Waals surface area contributed by atoms with Gasteiger partial charge in [0.2, 0.25) is 5.91 Å². The third-order valence-electron chi connectivity index (χ3n) is 5.52. The molecule has 1 saturated carbocycles. The Labute approximate surface area is 134 Å². The Kier molecular flexibility index (Phi) is 6.24. The normalized spacial score (nSPS) is 28.0. The Morgan fingerprint density at radius 3 is 2.50 bits per heavy atom. The molecule has 0 aromatic heterocycles. The van der Waals surface area contributed by atoms with E-state index in [1.807, 2.05) is 0 Å². The number of carbonyl (C=O) groups is 1. The maximum Gasteiger partial charge on any atom is 0.220 e. The highest BCUT2D eigenvalue weighted by Crippen LogP contribution is 2.27. The van der Waals surface area contributed by atoms with E-state index in [9.17, 15) is 4.79 Å². The van der Waals surface area contributed by atoms with Gasteiger partial charge in [-0.25, -0.2) is 0 Å². The molecule has 1 amide bonds. The molecule has 128 valence electrons. The van der Waals surface area contributed by atoms with Crippen LogP contribution in [0.1, 0.15) is 52.4 Å². The summed E-state index contributed by atoms with van der Waals surface area (Å²) in [6.07, 6.45) is 6.46. The minimum Gasteiger partial charge on any atom is -0.381 e. The lowest BCUT2D eigenvalue weighted by Gasteiger charge is -2.42. The van der Waals surface area contributed by atoms with E-state index in [2.05, 4.69) is 24.1 Å². The van der Waals surface area contributed by atoms with Gasteiger partial charge >= 0.3 is 0 Å². The number of rotatable bonds is 6. The molecule has 1 heterocycles. The first kappa shape index (κ1) is 17.7. The molecule has 0 unspecified atom stereocenters. The molecule has 0 spiro atoms. The largest absolute Gasteiger partial charge is 0.381 e. The predicted molar refractivity (Wildman–Crippen MR) is 88.6 cm³/mol. The van der Waals surface area contributed by atoms with Crippen molar-refractivity contribution in [3.05, 3.63) is 0 Å². The standard InChI is InChI=1S/C17H33N3O2/c1-17(2,20-9-7-14(22-3)8-10-20)12-19-16(21)11-13-5-4-6-15(13)18/h13-15H,4-12,18H2,1-3H3,(H,19,21)/t13-,15+/m0/s1. The molecule has 2 fully saturated rings. The minimum atomic E-state index is -0.00777. The first-order valence-electron chi connectivity index (χ1n) is 8.72. The van der Waals surface area contributed by atoms with Gasteiger partial charge in [-0.3, -0.25) is 9.69 Å². The van der Waals surface area contributed by atoms with E-state index in [0.29, 0.717) is 25.0 Å². The summed E-state index contributed by atoms with van der Waals surface area (Å²) in [6, 6.07) is 0.215. The van der Waals surface area contributed by atoms with Crippen LogP contribution in [-0.2, 0) is 9.53 Å². The van der Waals surface area contributed by atoms with Gasteiger partial charge < -0.3 is 15.8 Å². The zero-order valence-corrected chi connectivity index (χ0v) is 14.4. The van der Waals surface area contributed by atoms with Crippen molar-refractivity contribution >= 4 is 5.91 Å². The van der Waals surface area contributed by atoms with Crippen LogP contribution in [0.2, 0.25) is 0 Å². The Balaban J connectivity index is 1.73.